The monoisotopic (exact) mass is 324 g/mol. The molecule has 1 aromatic carbocycles. The number of nitrogens with zero attached hydrogens (tertiary/aromatic N) is 6. The fourth-order valence-corrected chi connectivity index (χ4v) is 3.29. The average Bonchev–Trinajstić information content (AvgIpc) is 3.24. The fourth-order valence-electron chi connectivity index (χ4n) is 3.29. The van der Waals surface area contributed by atoms with E-state index in [1.807, 2.05) is 46.2 Å². The molecule has 7 heteroatoms. The highest BCUT2D eigenvalue weighted by Gasteiger charge is 2.23. The zero-order valence-corrected chi connectivity index (χ0v) is 13.5. The molecule has 0 atom stereocenters. The number of carbonyl (C=O) groups is 1. The quantitative estimate of drug-likeness (QED) is 0.730. The zero-order valence-electron chi connectivity index (χ0n) is 13.5. The number of fused-ring (bicyclic) bond motifs is 1. The predicted molar refractivity (Wildman–Crippen MR) is 89.1 cm³/mol. The van der Waals surface area contributed by atoms with E-state index in [4.69, 9.17) is 0 Å². The molecule has 7 nitrogen and oxygen atoms in total. The van der Waals surface area contributed by atoms with E-state index in [0.717, 1.165) is 43.4 Å². The summed E-state index contributed by atoms with van der Waals surface area (Å²) in [6.45, 7) is 2.80. The molecule has 1 aliphatic heterocycles. The standard InChI is InChI=1S/C17H20N6O/c24-17(13-23-12-15-3-1-2-4-16(15)19-23)21-8-5-14(6-9-21)11-22-10-7-18-20-22/h1-4,7,10,12,14H,5-6,8-9,11,13H2. The van der Waals surface area contributed by atoms with Gasteiger partial charge < -0.3 is 4.90 Å². The van der Waals surface area contributed by atoms with Gasteiger partial charge in [0.2, 0.25) is 5.91 Å². The molecular formula is C17H20N6O. The number of aromatic nitrogens is 5. The second-order valence-corrected chi connectivity index (χ2v) is 6.33. The Morgan fingerprint density at radius 3 is 2.75 bits per heavy atom. The van der Waals surface area contributed by atoms with Crippen LogP contribution in [-0.4, -0.2) is 48.7 Å². The summed E-state index contributed by atoms with van der Waals surface area (Å²) in [5.41, 5.74) is 0.928. The molecule has 1 aliphatic rings. The number of rotatable bonds is 4. The minimum Gasteiger partial charge on any atom is -0.341 e. The van der Waals surface area contributed by atoms with Gasteiger partial charge in [0.05, 0.1) is 11.7 Å². The Bertz CT molecular complexity index is 784. The number of hydrogen-bond acceptors (Lipinski definition) is 4. The van der Waals surface area contributed by atoms with Gasteiger partial charge in [0.1, 0.15) is 6.54 Å². The van der Waals surface area contributed by atoms with E-state index in [9.17, 15) is 4.79 Å². The van der Waals surface area contributed by atoms with E-state index in [1.165, 1.54) is 0 Å². The van der Waals surface area contributed by atoms with E-state index in [1.54, 1.807) is 10.9 Å². The van der Waals surface area contributed by atoms with Gasteiger partial charge >= 0.3 is 0 Å². The van der Waals surface area contributed by atoms with Crippen molar-refractivity contribution in [1.29, 1.82) is 0 Å². The Morgan fingerprint density at radius 1 is 1.17 bits per heavy atom. The van der Waals surface area contributed by atoms with Gasteiger partial charge in [-0.1, -0.05) is 23.4 Å². The summed E-state index contributed by atoms with van der Waals surface area (Å²) in [6.07, 6.45) is 7.54. The summed E-state index contributed by atoms with van der Waals surface area (Å²) in [4.78, 5) is 14.5. The van der Waals surface area contributed by atoms with Crippen molar-refractivity contribution in [2.45, 2.75) is 25.9 Å². The molecule has 2 aromatic heterocycles. The van der Waals surface area contributed by atoms with Gasteiger partial charge in [0.15, 0.2) is 0 Å². The number of likely N-dealkylation sites (tertiary alicyclic amines) is 1. The molecule has 3 aromatic rings. The smallest absolute Gasteiger partial charge is 0.244 e. The Hall–Kier alpha value is -2.70. The first-order chi connectivity index (χ1) is 11.8. The second-order valence-electron chi connectivity index (χ2n) is 6.33. The molecule has 24 heavy (non-hydrogen) atoms. The van der Waals surface area contributed by atoms with Crippen molar-refractivity contribution >= 4 is 16.8 Å². The van der Waals surface area contributed by atoms with E-state index in [0.29, 0.717) is 12.5 Å². The first-order valence-electron chi connectivity index (χ1n) is 8.32. The molecule has 0 radical (unpaired) electrons. The Morgan fingerprint density at radius 2 is 2.00 bits per heavy atom. The van der Waals surface area contributed by atoms with E-state index in [2.05, 4.69) is 15.4 Å². The SMILES string of the molecule is O=C(Cn1cc2ccccc2n1)N1CCC(Cn2ccnn2)CC1. The minimum atomic E-state index is 0.141. The van der Waals surface area contributed by atoms with Crippen molar-refractivity contribution in [3.63, 3.8) is 0 Å². The maximum atomic E-state index is 12.5. The first-order valence-corrected chi connectivity index (χ1v) is 8.32. The summed E-state index contributed by atoms with van der Waals surface area (Å²) >= 11 is 0. The molecule has 1 amide bonds. The van der Waals surface area contributed by atoms with Crippen molar-refractivity contribution in [2.75, 3.05) is 13.1 Å². The Kier molecular flexibility index (Phi) is 3.98. The van der Waals surface area contributed by atoms with Crippen LogP contribution < -0.4 is 0 Å². The maximum absolute atomic E-state index is 12.5. The van der Waals surface area contributed by atoms with Crippen LogP contribution in [0.2, 0.25) is 0 Å². The highest BCUT2D eigenvalue weighted by Crippen LogP contribution is 2.19. The molecule has 0 saturated carbocycles. The van der Waals surface area contributed by atoms with Crippen molar-refractivity contribution < 1.29 is 4.79 Å². The number of amides is 1. The van der Waals surface area contributed by atoms with Crippen molar-refractivity contribution in [3.8, 4) is 0 Å². The van der Waals surface area contributed by atoms with Gasteiger partial charge in [-0.05, 0) is 24.8 Å². The van der Waals surface area contributed by atoms with Crippen molar-refractivity contribution in [1.82, 2.24) is 29.7 Å². The predicted octanol–water partition coefficient (Wildman–Crippen LogP) is 1.57. The van der Waals surface area contributed by atoms with Crippen molar-refractivity contribution in [3.05, 3.63) is 42.9 Å². The lowest BCUT2D eigenvalue weighted by Gasteiger charge is -2.31. The summed E-state index contributed by atoms with van der Waals surface area (Å²) in [7, 11) is 0. The molecule has 124 valence electrons. The van der Waals surface area contributed by atoms with Crippen LogP contribution >= 0.6 is 0 Å². The van der Waals surface area contributed by atoms with Gasteiger partial charge in [-0.2, -0.15) is 5.10 Å². The molecule has 3 heterocycles. The van der Waals surface area contributed by atoms with Gasteiger partial charge in [0, 0.05) is 37.4 Å². The van der Waals surface area contributed by atoms with Gasteiger partial charge in [-0.3, -0.25) is 14.2 Å². The van der Waals surface area contributed by atoms with Gasteiger partial charge in [-0.25, -0.2) is 0 Å². The first kappa shape index (κ1) is 14.9. The molecule has 4 rings (SSSR count). The lowest BCUT2D eigenvalue weighted by atomic mass is 9.97. The van der Waals surface area contributed by atoms with Crippen LogP contribution in [0.5, 0.6) is 0 Å². The number of benzene rings is 1. The third-order valence-corrected chi connectivity index (χ3v) is 4.64. The Labute approximate surface area is 139 Å². The van der Waals surface area contributed by atoms with Crippen molar-refractivity contribution in [2.24, 2.45) is 5.92 Å². The van der Waals surface area contributed by atoms with Gasteiger partial charge in [0.25, 0.3) is 0 Å². The number of piperidine rings is 1. The molecule has 0 unspecified atom stereocenters. The van der Waals surface area contributed by atoms with Crippen LogP contribution in [0.4, 0.5) is 0 Å². The molecule has 0 N–H and O–H groups in total. The second kappa shape index (κ2) is 6.43. The molecule has 0 bridgehead atoms. The summed E-state index contributed by atoms with van der Waals surface area (Å²) in [5.74, 6) is 0.699. The maximum Gasteiger partial charge on any atom is 0.244 e. The third kappa shape index (κ3) is 3.15. The highest BCUT2D eigenvalue weighted by molar-refractivity contribution is 5.79. The van der Waals surface area contributed by atoms with E-state index < -0.39 is 0 Å². The highest BCUT2D eigenvalue weighted by atomic mass is 16.2. The lowest BCUT2D eigenvalue weighted by Crippen LogP contribution is -2.41. The molecule has 1 fully saturated rings. The van der Waals surface area contributed by atoms with Crippen LogP contribution in [-0.2, 0) is 17.9 Å². The fraction of sp³-hybridized carbons (Fsp3) is 0.412. The molecule has 0 aliphatic carbocycles. The molecule has 0 spiro atoms. The number of carbonyl (C=O) groups excluding carboxylic acids is 1. The normalized spacial score (nSPS) is 15.9. The summed E-state index contributed by atoms with van der Waals surface area (Å²) < 4.78 is 3.62. The summed E-state index contributed by atoms with van der Waals surface area (Å²) in [5, 5.41) is 13.4. The van der Waals surface area contributed by atoms with Crippen LogP contribution in [0, 0.1) is 5.92 Å². The van der Waals surface area contributed by atoms with E-state index >= 15 is 0 Å². The third-order valence-electron chi connectivity index (χ3n) is 4.64. The topological polar surface area (TPSA) is 68.8 Å². The molecular weight excluding hydrogens is 304 g/mol. The summed E-state index contributed by atoms with van der Waals surface area (Å²) in [6, 6.07) is 7.92. The number of hydrogen-bond donors (Lipinski definition) is 0. The van der Waals surface area contributed by atoms with Crippen LogP contribution in [0.25, 0.3) is 10.9 Å². The van der Waals surface area contributed by atoms with Gasteiger partial charge in [-0.15, -0.1) is 5.10 Å². The molecule has 1 saturated heterocycles. The average molecular weight is 324 g/mol. The lowest BCUT2D eigenvalue weighted by molar-refractivity contribution is -0.133. The minimum absolute atomic E-state index is 0.141. The van der Waals surface area contributed by atoms with Crippen LogP contribution in [0.1, 0.15) is 12.8 Å². The van der Waals surface area contributed by atoms with Crippen LogP contribution in [0.3, 0.4) is 0 Å². The van der Waals surface area contributed by atoms with Crippen LogP contribution in [0.15, 0.2) is 42.9 Å². The zero-order chi connectivity index (χ0) is 16.4. The Balaban J connectivity index is 1.32. The largest absolute Gasteiger partial charge is 0.341 e. The van der Waals surface area contributed by atoms with E-state index in [-0.39, 0.29) is 5.91 Å².